The number of hydrogen-bond acceptors (Lipinski definition) is 4. The first-order valence-corrected chi connectivity index (χ1v) is 9.71. The van der Waals surface area contributed by atoms with Gasteiger partial charge in [-0.15, -0.1) is 0 Å². The maximum Gasteiger partial charge on any atom is 0.348 e. The number of rotatable bonds is 7. The van der Waals surface area contributed by atoms with Gasteiger partial charge in [0.15, 0.2) is 0 Å². The third kappa shape index (κ3) is 5.50. The predicted molar refractivity (Wildman–Crippen MR) is 108 cm³/mol. The smallest absolute Gasteiger partial charge is 0.348 e. The molecule has 0 bridgehead atoms. The van der Waals surface area contributed by atoms with Gasteiger partial charge in [-0.3, -0.25) is 0 Å². The Kier molecular flexibility index (Phi) is 7.50. The van der Waals surface area contributed by atoms with Gasteiger partial charge in [-0.1, -0.05) is 42.5 Å². The average molecular weight is 365 g/mol. The summed E-state index contributed by atoms with van der Waals surface area (Å²) in [4.78, 5) is 11.9. The van der Waals surface area contributed by atoms with Crippen LogP contribution in [0, 0.1) is 25.2 Å². The summed E-state index contributed by atoms with van der Waals surface area (Å²) in [5.74, 6) is 1.25. The highest BCUT2D eigenvalue weighted by Gasteiger charge is 2.11. The predicted octanol–water partition coefficient (Wildman–Crippen LogP) is 5.21. The summed E-state index contributed by atoms with van der Waals surface area (Å²) in [6, 6.07) is 16.5. The normalized spacial score (nSPS) is 11.1. The van der Waals surface area contributed by atoms with Gasteiger partial charge in [-0.25, -0.2) is 4.79 Å². The lowest BCUT2D eigenvalue weighted by molar-refractivity contribution is -0.137. The molecule has 0 saturated carbocycles. The maximum atomic E-state index is 11.9. The first-order chi connectivity index (χ1) is 12.5. The molecule has 2 aromatic rings. The first kappa shape index (κ1) is 19.8. The zero-order valence-corrected chi connectivity index (χ0v) is 16.2. The molecule has 134 valence electrons. The summed E-state index contributed by atoms with van der Waals surface area (Å²) >= 11 is 1.85. The van der Waals surface area contributed by atoms with E-state index in [9.17, 15) is 10.1 Å². The number of benzene rings is 2. The van der Waals surface area contributed by atoms with Gasteiger partial charge in [0.1, 0.15) is 11.6 Å². The van der Waals surface area contributed by atoms with Crippen molar-refractivity contribution in [1.29, 1.82) is 5.26 Å². The zero-order chi connectivity index (χ0) is 18.9. The molecule has 0 atom stereocenters. The number of aryl methyl sites for hydroxylation is 2. The molecule has 0 aliphatic heterocycles. The topological polar surface area (TPSA) is 50.1 Å². The van der Waals surface area contributed by atoms with E-state index in [0.29, 0.717) is 0 Å². The standard InChI is InChI=1S/C22H23NO2S/c1-4-25-22(24)20(13-23)11-19-12-21(17(3)10-16(19)2)15-26-14-18-8-6-5-7-9-18/h5-12H,4,14-15H2,1-3H3. The summed E-state index contributed by atoms with van der Waals surface area (Å²) in [6.45, 7) is 6.06. The van der Waals surface area contributed by atoms with Crippen molar-refractivity contribution in [1.82, 2.24) is 0 Å². The highest BCUT2D eigenvalue weighted by molar-refractivity contribution is 7.97. The van der Waals surface area contributed by atoms with Crippen molar-refractivity contribution >= 4 is 23.8 Å². The minimum atomic E-state index is -0.574. The van der Waals surface area contributed by atoms with Crippen LogP contribution in [0.2, 0.25) is 0 Å². The highest BCUT2D eigenvalue weighted by Crippen LogP contribution is 2.24. The van der Waals surface area contributed by atoms with Crippen molar-refractivity contribution in [2.45, 2.75) is 32.3 Å². The molecule has 2 rings (SSSR count). The Morgan fingerprint density at radius 3 is 2.54 bits per heavy atom. The molecule has 0 spiro atoms. The summed E-state index contributed by atoms with van der Waals surface area (Å²) in [7, 11) is 0. The lowest BCUT2D eigenvalue weighted by atomic mass is 9.99. The van der Waals surface area contributed by atoms with Gasteiger partial charge < -0.3 is 4.74 Å². The van der Waals surface area contributed by atoms with Gasteiger partial charge in [-0.05, 0) is 54.7 Å². The number of nitrogens with zero attached hydrogens (tertiary/aromatic N) is 1. The van der Waals surface area contributed by atoms with Gasteiger partial charge in [0.2, 0.25) is 0 Å². The molecule has 0 radical (unpaired) electrons. The summed E-state index contributed by atoms with van der Waals surface area (Å²) in [6.07, 6.45) is 1.62. The second kappa shape index (κ2) is 9.84. The van der Waals surface area contributed by atoms with Crippen LogP contribution in [-0.2, 0) is 21.0 Å². The molecule has 2 aromatic carbocycles. The fourth-order valence-corrected chi connectivity index (χ4v) is 3.64. The number of thioether (sulfide) groups is 1. The zero-order valence-electron chi connectivity index (χ0n) is 15.4. The molecule has 0 heterocycles. The van der Waals surface area contributed by atoms with Crippen LogP contribution in [0.25, 0.3) is 6.08 Å². The van der Waals surface area contributed by atoms with E-state index >= 15 is 0 Å². The maximum absolute atomic E-state index is 11.9. The lowest BCUT2D eigenvalue weighted by Crippen LogP contribution is -2.06. The molecule has 0 unspecified atom stereocenters. The molecule has 26 heavy (non-hydrogen) atoms. The molecule has 0 N–H and O–H groups in total. The Labute approximate surface area is 159 Å². The highest BCUT2D eigenvalue weighted by atomic mass is 32.2. The molecule has 0 fully saturated rings. The molecule has 0 aliphatic carbocycles. The third-order valence-corrected chi connectivity index (χ3v) is 5.06. The van der Waals surface area contributed by atoms with E-state index in [1.165, 1.54) is 16.7 Å². The van der Waals surface area contributed by atoms with Gasteiger partial charge in [-0.2, -0.15) is 17.0 Å². The van der Waals surface area contributed by atoms with E-state index in [2.05, 4.69) is 43.3 Å². The van der Waals surface area contributed by atoms with Gasteiger partial charge in [0, 0.05) is 11.5 Å². The number of carbonyl (C=O) groups is 1. The fourth-order valence-electron chi connectivity index (χ4n) is 2.58. The molecule has 4 heteroatoms. The first-order valence-electron chi connectivity index (χ1n) is 8.55. The van der Waals surface area contributed by atoms with E-state index in [-0.39, 0.29) is 12.2 Å². The fraction of sp³-hybridized carbons (Fsp3) is 0.273. The Bertz CT molecular complexity index is 835. The van der Waals surface area contributed by atoms with Crippen LogP contribution in [0.15, 0.2) is 48.0 Å². The lowest BCUT2D eigenvalue weighted by Gasteiger charge is -2.11. The summed E-state index contributed by atoms with van der Waals surface area (Å²) in [5.41, 5.74) is 5.68. The Balaban J connectivity index is 2.17. The molecule has 0 amide bonds. The second-order valence-corrected chi connectivity index (χ2v) is 6.99. The Morgan fingerprint density at radius 1 is 1.15 bits per heavy atom. The van der Waals surface area contributed by atoms with Crippen LogP contribution in [0.4, 0.5) is 0 Å². The van der Waals surface area contributed by atoms with Crippen LogP contribution in [0.1, 0.15) is 34.7 Å². The number of esters is 1. The second-order valence-electron chi connectivity index (χ2n) is 6.00. The van der Waals surface area contributed by atoms with Gasteiger partial charge in [0.05, 0.1) is 6.61 Å². The quantitative estimate of drug-likeness (QED) is 0.384. The minimum absolute atomic E-state index is 0.0293. The Morgan fingerprint density at radius 2 is 1.88 bits per heavy atom. The largest absolute Gasteiger partial charge is 0.462 e. The van der Waals surface area contributed by atoms with Crippen molar-refractivity contribution in [2.24, 2.45) is 0 Å². The van der Waals surface area contributed by atoms with Crippen molar-refractivity contribution < 1.29 is 9.53 Å². The van der Waals surface area contributed by atoms with Crippen LogP contribution < -0.4 is 0 Å². The van der Waals surface area contributed by atoms with Crippen molar-refractivity contribution in [3.05, 3.63) is 75.9 Å². The minimum Gasteiger partial charge on any atom is -0.462 e. The molecular formula is C22H23NO2S. The molecule has 0 aliphatic rings. The van der Waals surface area contributed by atoms with E-state index < -0.39 is 5.97 Å². The number of carbonyl (C=O) groups excluding carboxylic acids is 1. The molecule has 0 saturated heterocycles. The average Bonchev–Trinajstić information content (AvgIpc) is 2.63. The number of nitriles is 1. The van der Waals surface area contributed by atoms with E-state index in [0.717, 1.165) is 22.6 Å². The number of hydrogen-bond donors (Lipinski definition) is 0. The van der Waals surface area contributed by atoms with Crippen molar-refractivity contribution in [3.8, 4) is 6.07 Å². The van der Waals surface area contributed by atoms with Crippen molar-refractivity contribution in [3.63, 3.8) is 0 Å². The summed E-state index contributed by atoms with van der Waals surface area (Å²) in [5, 5.41) is 9.24. The SMILES string of the molecule is CCOC(=O)C(C#N)=Cc1cc(CSCc2ccccc2)c(C)cc1C. The Hall–Kier alpha value is -2.51. The van der Waals surface area contributed by atoms with Gasteiger partial charge >= 0.3 is 5.97 Å². The third-order valence-electron chi connectivity index (χ3n) is 4.01. The van der Waals surface area contributed by atoms with Crippen LogP contribution in [0.5, 0.6) is 0 Å². The van der Waals surface area contributed by atoms with E-state index in [1.54, 1.807) is 13.0 Å². The molecule has 3 nitrogen and oxygen atoms in total. The van der Waals surface area contributed by atoms with Crippen LogP contribution in [-0.4, -0.2) is 12.6 Å². The summed E-state index contributed by atoms with van der Waals surface area (Å²) < 4.78 is 4.94. The molecule has 0 aromatic heterocycles. The van der Waals surface area contributed by atoms with Crippen LogP contribution in [0.3, 0.4) is 0 Å². The number of ether oxygens (including phenoxy) is 1. The van der Waals surface area contributed by atoms with E-state index in [4.69, 9.17) is 4.74 Å². The van der Waals surface area contributed by atoms with E-state index in [1.807, 2.05) is 30.8 Å². The molecular weight excluding hydrogens is 342 g/mol. The van der Waals surface area contributed by atoms with Gasteiger partial charge in [0.25, 0.3) is 0 Å². The van der Waals surface area contributed by atoms with Crippen molar-refractivity contribution in [2.75, 3.05) is 6.61 Å². The van der Waals surface area contributed by atoms with Crippen LogP contribution >= 0.6 is 11.8 Å². The monoisotopic (exact) mass is 365 g/mol.